The van der Waals surface area contributed by atoms with Crippen molar-refractivity contribution in [1.82, 2.24) is 9.88 Å². The average Bonchev–Trinajstić information content (AvgIpc) is 2.86. The number of carbonyl (C=O) groups is 2. The molecule has 6 heteroatoms. The van der Waals surface area contributed by atoms with Gasteiger partial charge in [0.25, 0.3) is 5.91 Å². The molecular weight excluding hydrogens is 384 g/mol. The number of halogens is 1. The number of ketones is 1. The average molecular weight is 401 g/mol. The molecule has 0 radical (unpaired) electrons. The fourth-order valence-corrected chi connectivity index (χ4v) is 3.30. The van der Waals surface area contributed by atoms with Gasteiger partial charge in [-0.15, -0.1) is 0 Å². The van der Waals surface area contributed by atoms with Crippen LogP contribution in [0.1, 0.15) is 24.1 Å². The van der Waals surface area contributed by atoms with Gasteiger partial charge in [0.1, 0.15) is 0 Å². The van der Waals surface area contributed by atoms with Gasteiger partial charge in [-0.3, -0.25) is 14.6 Å². The van der Waals surface area contributed by atoms with Gasteiger partial charge in [-0.2, -0.15) is 0 Å². The Bertz CT molecular complexity index is 832. The molecule has 3 rings (SSSR count). The molecule has 128 valence electrons. The molecule has 1 aliphatic rings. The summed E-state index contributed by atoms with van der Waals surface area (Å²) in [5.74, 6) is -1.26. The Hall–Kier alpha value is -2.47. The molecule has 1 N–H and O–H groups in total. The Morgan fingerprint density at radius 1 is 1.20 bits per heavy atom. The number of hydrogen-bond acceptors (Lipinski definition) is 4. The highest BCUT2D eigenvalue weighted by Gasteiger charge is 2.41. The summed E-state index contributed by atoms with van der Waals surface area (Å²) >= 11 is 3.38. The third-order valence-corrected chi connectivity index (χ3v) is 4.79. The van der Waals surface area contributed by atoms with Crippen LogP contribution in [0.15, 0.2) is 64.6 Å². The number of carbonyl (C=O) groups excluding carboxylic acids is 2. The zero-order valence-electron chi connectivity index (χ0n) is 13.6. The normalized spacial score (nSPS) is 17.3. The standard InChI is InChI=1S/C19H17BrN2O3/c1-12(23)16-17(14-2-4-15(20)5-3-14)22(19(25)18(16)24)11-8-13-6-9-21-10-7-13/h2-7,9-10,17,24H,8,11H2,1H3. The molecule has 0 bridgehead atoms. The van der Waals surface area contributed by atoms with E-state index in [0.717, 1.165) is 15.6 Å². The van der Waals surface area contributed by atoms with Crippen molar-refractivity contribution in [2.45, 2.75) is 19.4 Å². The van der Waals surface area contributed by atoms with Gasteiger partial charge in [-0.1, -0.05) is 28.1 Å². The molecule has 5 nitrogen and oxygen atoms in total. The third-order valence-electron chi connectivity index (χ3n) is 4.26. The summed E-state index contributed by atoms with van der Waals surface area (Å²) < 4.78 is 0.904. The van der Waals surface area contributed by atoms with Crippen molar-refractivity contribution in [1.29, 1.82) is 0 Å². The first-order valence-corrected chi connectivity index (χ1v) is 8.67. The summed E-state index contributed by atoms with van der Waals surface area (Å²) in [4.78, 5) is 30.1. The molecule has 1 aliphatic heterocycles. The predicted octanol–water partition coefficient (Wildman–Crippen LogP) is 3.37. The molecule has 1 aromatic heterocycles. The van der Waals surface area contributed by atoms with Crippen LogP contribution < -0.4 is 0 Å². The number of pyridine rings is 1. The van der Waals surface area contributed by atoms with Gasteiger partial charge < -0.3 is 10.0 Å². The number of rotatable bonds is 5. The largest absolute Gasteiger partial charge is 0.503 e. The van der Waals surface area contributed by atoms with Crippen LogP contribution in [-0.4, -0.2) is 33.2 Å². The van der Waals surface area contributed by atoms with Crippen LogP contribution >= 0.6 is 15.9 Å². The lowest BCUT2D eigenvalue weighted by molar-refractivity contribution is -0.129. The number of hydrogen-bond donors (Lipinski definition) is 1. The van der Waals surface area contributed by atoms with Crippen LogP contribution in [0.2, 0.25) is 0 Å². The topological polar surface area (TPSA) is 70.5 Å². The minimum Gasteiger partial charge on any atom is -0.503 e. The molecule has 0 spiro atoms. The number of aliphatic hydroxyl groups is 1. The fourth-order valence-electron chi connectivity index (χ4n) is 3.03. The maximum atomic E-state index is 12.5. The quantitative estimate of drug-likeness (QED) is 0.834. The number of benzene rings is 1. The van der Waals surface area contributed by atoms with Gasteiger partial charge in [0.2, 0.25) is 0 Å². The molecule has 0 aliphatic carbocycles. The minimum atomic E-state index is -0.570. The molecule has 1 aromatic carbocycles. The van der Waals surface area contributed by atoms with Gasteiger partial charge in [-0.25, -0.2) is 0 Å². The molecule has 1 unspecified atom stereocenters. The summed E-state index contributed by atoms with van der Waals surface area (Å²) in [6.45, 7) is 1.77. The molecule has 2 aromatic rings. The van der Waals surface area contributed by atoms with Gasteiger partial charge in [0, 0.05) is 23.4 Å². The first-order valence-electron chi connectivity index (χ1n) is 7.88. The van der Waals surface area contributed by atoms with E-state index in [1.54, 1.807) is 17.3 Å². The highest BCUT2D eigenvalue weighted by molar-refractivity contribution is 9.10. The maximum absolute atomic E-state index is 12.5. The highest BCUT2D eigenvalue weighted by atomic mass is 79.9. The van der Waals surface area contributed by atoms with Crippen molar-refractivity contribution in [2.24, 2.45) is 0 Å². The first-order chi connectivity index (χ1) is 12.0. The van der Waals surface area contributed by atoms with E-state index in [1.165, 1.54) is 6.92 Å². The van der Waals surface area contributed by atoms with E-state index in [9.17, 15) is 14.7 Å². The Kier molecular flexibility index (Phi) is 4.99. The number of aromatic nitrogens is 1. The van der Waals surface area contributed by atoms with Crippen molar-refractivity contribution in [2.75, 3.05) is 6.54 Å². The van der Waals surface area contributed by atoms with Crippen molar-refractivity contribution in [3.63, 3.8) is 0 Å². The summed E-state index contributed by atoms with van der Waals surface area (Å²) in [6.07, 6.45) is 4.01. The van der Waals surface area contributed by atoms with Crippen LogP contribution in [0.3, 0.4) is 0 Å². The van der Waals surface area contributed by atoms with Crippen LogP contribution in [-0.2, 0) is 16.0 Å². The van der Waals surface area contributed by atoms with E-state index < -0.39 is 17.7 Å². The van der Waals surface area contributed by atoms with Gasteiger partial charge in [-0.05, 0) is 48.7 Å². The smallest absolute Gasteiger partial charge is 0.290 e. The van der Waals surface area contributed by atoms with Crippen molar-refractivity contribution < 1.29 is 14.7 Å². The van der Waals surface area contributed by atoms with E-state index in [0.29, 0.717) is 13.0 Å². The predicted molar refractivity (Wildman–Crippen MR) is 96.9 cm³/mol. The molecule has 25 heavy (non-hydrogen) atoms. The van der Waals surface area contributed by atoms with Gasteiger partial charge in [0.15, 0.2) is 11.5 Å². The van der Waals surface area contributed by atoms with E-state index in [-0.39, 0.29) is 11.4 Å². The SMILES string of the molecule is CC(=O)C1=C(O)C(=O)N(CCc2ccncc2)C1c1ccc(Br)cc1. The molecule has 0 fully saturated rings. The molecular formula is C19H17BrN2O3. The second-order valence-electron chi connectivity index (χ2n) is 5.88. The van der Waals surface area contributed by atoms with E-state index in [2.05, 4.69) is 20.9 Å². The van der Waals surface area contributed by atoms with Crippen LogP contribution in [0.4, 0.5) is 0 Å². The molecule has 1 atom stereocenters. The zero-order chi connectivity index (χ0) is 18.0. The van der Waals surface area contributed by atoms with Crippen LogP contribution in [0, 0.1) is 0 Å². The lowest BCUT2D eigenvalue weighted by atomic mass is 9.96. The van der Waals surface area contributed by atoms with Crippen LogP contribution in [0.25, 0.3) is 0 Å². The van der Waals surface area contributed by atoms with E-state index >= 15 is 0 Å². The maximum Gasteiger partial charge on any atom is 0.290 e. The lowest BCUT2D eigenvalue weighted by Gasteiger charge is -2.26. The highest BCUT2D eigenvalue weighted by Crippen LogP contribution is 2.38. The number of amides is 1. The number of Topliss-reactive ketones (excluding diaryl/α,β-unsaturated/α-hetero) is 1. The Balaban J connectivity index is 1.93. The Labute approximate surface area is 154 Å². The summed E-state index contributed by atoms with van der Waals surface area (Å²) in [7, 11) is 0. The second kappa shape index (κ2) is 7.19. The Morgan fingerprint density at radius 2 is 1.84 bits per heavy atom. The molecule has 0 saturated carbocycles. The van der Waals surface area contributed by atoms with Crippen molar-refractivity contribution in [3.8, 4) is 0 Å². The molecule has 0 saturated heterocycles. The fraction of sp³-hybridized carbons (Fsp3) is 0.211. The first kappa shape index (κ1) is 17.4. The minimum absolute atomic E-state index is 0.155. The summed E-state index contributed by atoms with van der Waals surface area (Å²) in [6, 6.07) is 10.6. The van der Waals surface area contributed by atoms with Crippen LogP contribution in [0.5, 0.6) is 0 Å². The van der Waals surface area contributed by atoms with E-state index in [1.807, 2.05) is 36.4 Å². The van der Waals surface area contributed by atoms with Crippen molar-refractivity contribution in [3.05, 3.63) is 75.7 Å². The monoisotopic (exact) mass is 400 g/mol. The summed E-state index contributed by atoms with van der Waals surface area (Å²) in [5.41, 5.74) is 1.98. The van der Waals surface area contributed by atoms with Gasteiger partial charge >= 0.3 is 0 Å². The van der Waals surface area contributed by atoms with Gasteiger partial charge in [0.05, 0.1) is 11.6 Å². The number of nitrogens with zero attached hydrogens (tertiary/aromatic N) is 2. The summed E-state index contributed by atoms with van der Waals surface area (Å²) in [5, 5.41) is 10.2. The second-order valence-corrected chi connectivity index (χ2v) is 6.79. The van der Waals surface area contributed by atoms with Crippen molar-refractivity contribution >= 4 is 27.6 Å². The third kappa shape index (κ3) is 3.49. The molecule has 1 amide bonds. The lowest BCUT2D eigenvalue weighted by Crippen LogP contribution is -2.32. The molecule has 2 heterocycles. The zero-order valence-corrected chi connectivity index (χ0v) is 15.2. The number of aliphatic hydroxyl groups excluding tert-OH is 1. The Morgan fingerprint density at radius 3 is 2.44 bits per heavy atom. The van der Waals surface area contributed by atoms with E-state index in [4.69, 9.17) is 0 Å².